The lowest BCUT2D eigenvalue weighted by Crippen LogP contribution is -2.18. The largest absolute Gasteiger partial charge is 0.433 e. The predicted molar refractivity (Wildman–Crippen MR) is 59.5 cm³/mol. The molecule has 0 saturated heterocycles. The Morgan fingerprint density at radius 3 is 2.45 bits per heavy atom. The third kappa shape index (κ3) is 3.11. The van der Waals surface area contributed by atoms with Crippen molar-refractivity contribution >= 4 is 11.6 Å². The van der Waals surface area contributed by atoms with Crippen molar-refractivity contribution in [2.24, 2.45) is 0 Å². The number of anilines is 2. The van der Waals surface area contributed by atoms with Gasteiger partial charge >= 0.3 is 6.18 Å². The topological polar surface area (TPSA) is 57.8 Å². The van der Waals surface area contributed by atoms with Gasteiger partial charge < -0.3 is 5.32 Å². The molecule has 0 radical (unpaired) electrons. The molecule has 0 saturated carbocycles. The SMILES string of the molecule is O=c1cc(C(F)(F)F)nc(Nc2ccc(F)cc2F)[nH]1. The first-order valence-corrected chi connectivity index (χ1v) is 5.16. The fraction of sp³-hybridized carbons (Fsp3) is 0.0909. The minimum absolute atomic E-state index is 0.270. The van der Waals surface area contributed by atoms with E-state index in [0.717, 1.165) is 12.1 Å². The van der Waals surface area contributed by atoms with E-state index >= 15 is 0 Å². The highest BCUT2D eigenvalue weighted by Gasteiger charge is 2.33. The minimum atomic E-state index is -4.81. The number of benzene rings is 1. The molecule has 2 aromatic rings. The van der Waals surface area contributed by atoms with Crippen LogP contribution in [0.25, 0.3) is 0 Å². The Bertz CT molecular complexity index is 695. The average Bonchev–Trinajstić information content (AvgIpc) is 2.31. The Labute approximate surface area is 108 Å². The summed E-state index contributed by atoms with van der Waals surface area (Å²) in [6.07, 6.45) is -4.81. The van der Waals surface area contributed by atoms with Crippen LogP contribution in [0.5, 0.6) is 0 Å². The molecule has 0 aliphatic rings. The van der Waals surface area contributed by atoms with E-state index in [2.05, 4.69) is 10.3 Å². The Hall–Kier alpha value is -2.45. The van der Waals surface area contributed by atoms with E-state index in [1.807, 2.05) is 4.98 Å². The second-order valence-corrected chi connectivity index (χ2v) is 3.73. The standard InChI is InChI=1S/C11H6F5N3O/c12-5-1-2-7(6(13)3-5)17-10-18-8(11(14,15)16)4-9(20)19-10/h1-4H,(H2,17,18,19,20). The van der Waals surface area contributed by atoms with E-state index in [1.54, 1.807) is 0 Å². The lowest BCUT2D eigenvalue weighted by Gasteiger charge is -2.09. The number of hydrogen-bond donors (Lipinski definition) is 2. The summed E-state index contributed by atoms with van der Waals surface area (Å²) < 4.78 is 63.4. The van der Waals surface area contributed by atoms with Crippen molar-refractivity contribution in [3.05, 3.63) is 51.9 Å². The molecule has 0 fully saturated rings. The maximum Gasteiger partial charge on any atom is 0.433 e. The molecule has 0 spiro atoms. The maximum atomic E-state index is 13.3. The second kappa shape index (κ2) is 4.91. The fourth-order valence-corrected chi connectivity index (χ4v) is 1.38. The molecule has 0 aliphatic carbocycles. The zero-order valence-electron chi connectivity index (χ0n) is 9.55. The molecule has 0 atom stereocenters. The zero-order valence-corrected chi connectivity index (χ0v) is 9.55. The lowest BCUT2D eigenvalue weighted by atomic mass is 10.3. The van der Waals surface area contributed by atoms with Crippen molar-refractivity contribution in [2.45, 2.75) is 6.18 Å². The number of nitrogens with zero attached hydrogens (tertiary/aromatic N) is 1. The Kier molecular flexibility index (Phi) is 3.43. The van der Waals surface area contributed by atoms with Crippen molar-refractivity contribution in [3.63, 3.8) is 0 Å². The highest BCUT2D eigenvalue weighted by Crippen LogP contribution is 2.27. The fourth-order valence-electron chi connectivity index (χ4n) is 1.38. The van der Waals surface area contributed by atoms with Gasteiger partial charge in [-0.3, -0.25) is 9.78 Å². The molecule has 0 aliphatic heterocycles. The van der Waals surface area contributed by atoms with Gasteiger partial charge in [0.2, 0.25) is 5.95 Å². The molecule has 0 unspecified atom stereocenters. The number of halogens is 5. The van der Waals surface area contributed by atoms with Gasteiger partial charge in [0.05, 0.1) is 5.69 Å². The van der Waals surface area contributed by atoms with Crippen LogP contribution in [0.4, 0.5) is 33.6 Å². The van der Waals surface area contributed by atoms with Crippen molar-refractivity contribution < 1.29 is 22.0 Å². The molecular weight excluding hydrogens is 285 g/mol. The minimum Gasteiger partial charge on any atom is -0.323 e. The number of aromatic amines is 1. The smallest absolute Gasteiger partial charge is 0.323 e. The van der Waals surface area contributed by atoms with E-state index in [4.69, 9.17) is 0 Å². The van der Waals surface area contributed by atoms with Gasteiger partial charge in [0.25, 0.3) is 5.56 Å². The molecule has 2 rings (SSSR count). The van der Waals surface area contributed by atoms with Gasteiger partial charge in [-0.2, -0.15) is 13.2 Å². The number of H-pyrrole nitrogens is 1. The predicted octanol–water partition coefficient (Wildman–Crippen LogP) is 2.81. The van der Waals surface area contributed by atoms with Gasteiger partial charge in [0.1, 0.15) is 11.6 Å². The van der Waals surface area contributed by atoms with Gasteiger partial charge in [-0.25, -0.2) is 13.8 Å². The van der Waals surface area contributed by atoms with E-state index in [9.17, 15) is 26.7 Å². The van der Waals surface area contributed by atoms with Crippen LogP contribution in [0.1, 0.15) is 5.69 Å². The van der Waals surface area contributed by atoms with Gasteiger partial charge in [-0.15, -0.1) is 0 Å². The quantitative estimate of drug-likeness (QED) is 0.836. The molecule has 106 valence electrons. The van der Waals surface area contributed by atoms with Crippen LogP contribution in [-0.2, 0) is 6.18 Å². The van der Waals surface area contributed by atoms with Crippen LogP contribution in [0.3, 0.4) is 0 Å². The molecule has 1 aromatic heterocycles. The van der Waals surface area contributed by atoms with Crippen molar-refractivity contribution in [3.8, 4) is 0 Å². The van der Waals surface area contributed by atoms with Crippen LogP contribution in [0.2, 0.25) is 0 Å². The third-order valence-corrected chi connectivity index (χ3v) is 2.22. The van der Waals surface area contributed by atoms with Gasteiger partial charge in [0.15, 0.2) is 5.69 Å². The molecular formula is C11H6F5N3O. The number of hydrogen-bond acceptors (Lipinski definition) is 3. The van der Waals surface area contributed by atoms with E-state index < -0.39 is 35.0 Å². The van der Waals surface area contributed by atoms with Crippen molar-refractivity contribution in [1.82, 2.24) is 9.97 Å². The molecule has 1 aromatic carbocycles. The van der Waals surface area contributed by atoms with Gasteiger partial charge in [0, 0.05) is 12.1 Å². The molecule has 2 N–H and O–H groups in total. The van der Waals surface area contributed by atoms with E-state index in [-0.39, 0.29) is 11.8 Å². The summed E-state index contributed by atoms with van der Waals surface area (Å²) in [6.45, 7) is 0. The van der Waals surface area contributed by atoms with Crippen LogP contribution in [0.15, 0.2) is 29.1 Å². The lowest BCUT2D eigenvalue weighted by molar-refractivity contribution is -0.141. The Balaban J connectivity index is 2.39. The van der Waals surface area contributed by atoms with E-state index in [0.29, 0.717) is 6.07 Å². The van der Waals surface area contributed by atoms with Crippen molar-refractivity contribution in [2.75, 3.05) is 5.32 Å². The molecule has 0 bridgehead atoms. The summed E-state index contributed by atoms with van der Waals surface area (Å²) in [5.74, 6) is -2.49. The van der Waals surface area contributed by atoms with Crippen LogP contribution in [-0.4, -0.2) is 9.97 Å². The first-order chi connectivity index (χ1) is 9.25. The number of rotatable bonds is 2. The molecule has 0 amide bonds. The first kappa shape index (κ1) is 14.0. The summed E-state index contributed by atoms with van der Waals surface area (Å²) in [5, 5.41) is 2.14. The molecule has 4 nitrogen and oxygen atoms in total. The molecule has 20 heavy (non-hydrogen) atoms. The van der Waals surface area contributed by atoms with Crippen LogP contribution < -0.4 is 10.9 Å². The summed E-state index contributed by atoms with van der Waals surface area (Å²) in [7, 11) is 0. The van der Waals surface area contributed by atoms with Crippen LogP contribution in [0, 0.1) is 11.6 Å². The number of nitrogens with one attached hydrogen (secondary N) is 2. The first-order valence-electron chi connectivity index (χ1n) is 5.16. The van der Waals surface area contributed by atoms with E-state index in [1.165, 1.54) is 0 Å². The summed E-state index contributed by atoms with van der Waals surface area (Å²) in [5.41, 5.74) is -2.81. The van der Waals surface area contributed by atoms with Crippen LogP contribution >= 0.6 is 0 Å². The van der Waals surface area contributed by atoms with Crippen molar-refractivity contribution in [1.29, 1.82) is 0 Å². The molecule has 1 heterocycles. The normalized spacial score (nSPS) is 11.4. The Morgan fingerprint density at radius 2 is 1.85 bits per heavy atom. The monoisotopic (exact) mass is 291 g/mol. The maximum absolute atomic E-state index is 13.3. The summed E-state index contributed by atoms with van der Waals surface area (Å²) in [6, 6.07) is 2.67. The summed E-state index contributed by atoms with van der Waals surface area (Å²) in [4.78, 5) is 16.2. The van der Waals surface area contributed by atoms with Gasteiger partial charge in [-0.1, -0.05) is 0 Å². The molecule has 9 heteroatoms. The average molecular weight is 291 g/mol. The summed E-state index contributed by atoms with van der Waals surface area (Å²) >= 11 is 0. The third-order valence-electron chi connectivity index (χ3n) is 2.22. The number of alkyl halides is 3. The highest BCUT2D eigenvalue weighted by atomic mass is 19.4. The highest BCUT2D eigenvalue weighted by molar-refractivity contribution is 5.53. The Morgan fingerprint density at radius 1 is 1.15 bits per heavy atom. The second-order valence-electron chi connectivity index (χ2n) is 3.73. The zero-order chi connectivity index (χ0) is 14.9. The number of aromatic nitrogens is 2. The van der Waals surface area contributed by atoms with Gasteiger partial charge in [-0.05, 0) is 12.1 Å².